The lowest BCUT2D eigenvalue weighted by Gasteiger charge is -2.29. The van der Waals surface area contributed by atoms with Crippen molar-refractivity contribution in [3.63, 3.8) is 0 Å². The molecule has 1 aliphatic heterocycles. The van der Waals surface area contributed by atoms with Crippen LogP contribution in [0.4, 0.5) is 0 Å². The third-order valence-corrected chi connectivity index (χ3v) is 4.72. The van der Waals surface area contributed by atoms with Crippen LogP contribution in [0.1, 0.15) is 23.8 Å². The molecule has 1 aromatic heterocycles. The summed E-state index contributed by atoms with van der Waals surface area (Å²) in [4.78, 5) is 1.44. The van der Waals surface area contributed by atoms with Crippen LogP contribution in [0.25, 0.3) is 0 Å². The molecule has 2 nitrogen and oxygen atoms in total. The normalized spacial score (nSPS) is 24.0. The minimum atomic E-state index is 0.508. The summed E-state index contributed by atoms with van der Waals surface area (Å²) in [6.07, 6.45) is 2.63. The van der Waals surface area contributed by atoms with Crippen LogP contribution in [0, 0.1) is 5.92 Å². The van der Waals surface area contributed by atoms with Crippen LogP contribution in [-0.2, 0) is 0 Å². The van der Waals surface area contributed by atoms with E-state index >= 15 is 0 Å². The number of piperidine rings is 1. The lowest BCUT2D eigenvalue weighted by atomic mass is 9.91. The van der Waals surface area contributed by atoms with E-state index in [-0.39, 0.29) is 0 Å². The molecule has 1 aliphatic rings. The third kappa shape index (κ3) is 2.81. The summed E-state index contributed by atoms with van der Waals surface area (Å²) in [6, 6.07) is 4.87. The minimum Gasteiger partial charge on any atom is -0.316 e. The molecular formula is C11H17BrN2S. The first-order valence-electron chi connectivity index (χ1n) is 5.44. The molecule has 2 N–H and O–H groups in total. The van der Waals surface area contributed by atoms with Crippen molar-refractivity contribution in [1.29, 1.82) is 0 Å². The Kier molecular flexibility index (Phi) is 4.20. The van der Waals surface area contributed by atoms with E-state index in [1.807, 2.05) is 11.3 Å². The SMILES string of the molecule is CNC(c1ccc(Br)s1)C1CCCNC1. The fraction of sp³-hybridized carbons (Fsp3) is 0.636. The second-order valence-electron chi connectivity index (χ2n) is 4.01. The Hall–Kier alpha value is 0.1000. The van der Waals surface area contributed by atoms with Gasteiger partial charge in [0.25, 0.3) is 0 Å². The van der Waals surface area contributed by atoms with E-state index in [1.54, 1.807) is 0 Å². The van der Waals surface area contributed by atoms with Gasteiger partial charge >= 0.3 is 0 Å². The average Bonchev–Trinajstić information content (AvgIpc) is 2.68. The molecule has 0 spiro atoms. The molecule has 0 saturated carbocycles. The van der Waals surface area contributed by atoms with Gasteiger partial charge < -0.3 is 10.6 Å². The number of nitrogens with one attached hydrogen (secondary N) is 2. The highest BCUT2D eigenvalue weighted by atomic mass is 79.9. The largest absolute Gasteiger partial charge is 0.316 e. The molecule has 2 heterocycles. The van der Waals surface area contributed by atoms with E-state index in [9.17, 15) is 0 Å². The first-order chi connectivity index (χ1) is 7.31. The minimum absolute atomic E-state index is 0.508. The first-order valence-corrected chi connectivity index (χ1v) is 7.05. The average molecular weight is 289 g/mol. The topological polar surface area (TPSA) is 24.1 Å². The Bertz CT molecular complexity index is 307. The fourth-order valence-electron chi connectivity index (χ4n) is 2.27. The van der Waals surface area contributed by atoms with E-state index in [0.717, 1.165) is 12.5 Å². The molecule has 2 unspecified atom stereocenters. The van der Waals surface area contributed by atoms with Crippen molar-refractivity contribution >= 4 is 27.3 Å². The fourth-order valence-corrected chi connectivity index (χ4v) is 3.90. The molecule has 84 valence electrons. The van der Waals surface area contributed by atoms with E-state index in [1.165, 1.54) is 28.0 Å². The number of thiophene rings is 1. The van der Waals surface area contributed by atoms with Crippen LogP contribution in [-0.4, -0.2) is 20.1 Å². The lowest BCUT2D eigenvalue weighted by Crippen LogP contribution is -2.37. The Labute approximate surface area is 104 Å². The molecular weight excluding hydrogens is 272 g/mol. The molecule has 15 heavy (non-hydrogen) atoms. The van der Waals surface area contributed by atoms with E-state index in [0.29, 0.717) is 6.04 Å². The van der Waals surface area contributed by atoms with E-state index in [2.05, 4.69) is 45.7 Å². The summed E-state index contributed by atoms with van der Waals surface area (Å²) in [5.41, 5.74) is 0. The number of hydrogen-bond acceptors (Lipinski definition) is 3. The van der Waals surface area contributed by atoms with Gasteiger partial charge in [-0.3, -0.25) is 0 Å². The monoisotopic (exact) mass is 288 g/mol. The van der Waals surface area contributed by atoms with Crippen molar-refractivity contribution in [2.75, 3.05) is 20.1 Å². The van der Waals surface area contributed by atoms with Crippen LogP contribution < -0.4 is 10.6 Å². The van der Waals surface area contributed by atoms with Crippen molar-refractivity contribution in [2.45, 2.75) is 18.9 Å². The second kappa shape index (κ2) is 5.43. The van der Waals surface area contributed by atoms with Gasteiger partial charge in [-0.25, -0.2) is 0 Å². The predicted molar refractivity (Wildman–Crippen MR) is 69.4 cm³/mol. The van der Waals surface area contributed by atoms with Gasteiger partial charge in [0.2, 0.25) is 0 Å². The van der Waals surface area contributed by atoms with Crippen LogP contribution in [0.2, 0.25) is 0 Å². The van der Waals surface area contributed by atoms with Crippen LogP contribution in [0.5, 0.6) is 0 Å². The Morgan fingerprint density at radius 3 is 3.00 bits per heavy atom. The zero-order valence-corrected chi connectivity index (χ0v) is 11.3. The third-order valence-electron chi connectivity index (χ3n) is 3.02. The Balaban J connectivity index is 2.08. The van der Waals surface area contributed by atoms with Crippen molar-refractivity contribution in [3.8, 4) is 0 Å². The zero-order valence-electron chi connectivity index (χ0n) is 8.92. The molecule has 0 aliphatic carbocycles. The first kappa shape index (κ1) is 11.6. The van der Waals surface area contributed by atoms with Gasteiger partial charge in [0.15, 0.2) is 0 Å². The van der Waals surface area contributed by atoms with Gasteiger partial charge in [-0.2, -0.15) is 0 Å². The standard InChI is InChI=1S/C11H17BrN2S/c1-13-11(8-3-2-6-14-7-8)9-4-5-10(12)15-9/h4-5,8,11,13-14H,2-3,6-7H2,1H3. The maximum Gasteiger partial charge on any atom is 0.0701 e. The quantitative estimate of drug-likeness (QED) is 0.894. The summed E-state index contributed by atoms with van der Waals surface area (Å²) < 4.78 is 1.22. The highest BCUT2D eigenvalue weighted by Gasteiger charge is 2.24. The van der Waals surface area contributed by atoms with Gasteiger partial charge in [-0.1, -0.05) is 0 Å². The lowest BCUT2D eigenvalue weighted by molar-refractivity contribution is 0.301. The molecule has 1 aromatic rings. The van der Waals surface area contributed by atoms with E-state index in [4.69, 9.17) is 0 Å². The summed E-state index contributed by atoms with van der Waals surface area (Å²) in [5.74, 6) is 0.731. The van der Waals surface area contributed by atoms with Gasteiger partial charge in [-0.05, 0) is 67.0 Å². The molecule has 0 radical (unpaired) electrons. The van der Waals surface area contributed by atoms with E-state index < -0.39 is 0 Å². The molecule has 0 amide bonds. The highest BCUT2D eigenvalue weighted by Crippen LogP contribution is 2.33. The summed E-state index contributed by atoms with van der Waals surface area (Å²) in [5, 5.41) is 6.93. The van der Waals surface area contributed by atoms with Gasteiger partial charge in [0, 0.05) is 10.9 Å². The van der Waals surface area contributed by atoms with Gasteiger partial charge in [0.1, 0.15) is 0 Å². The Morgan fingerprint density at radius 1 is 1.60 bits per heavy atom. The summed E-state index contributed by atoms with van der Waals surface area (Å²) in [7, 11) is 2.06. The van der Waals surface area contributed by atoms with Crippen molar-refractivity contribution in [2.24, 2.45) is 5.92 Å². The second-order valence-corrected chi connectivity index (χ2v) is 6.51. The van der Waals surface area contributed by atoms with Gasteiger partial charge in [0.05, 0.1) is 3.79 Å². The zero-order chi connectivity index (χ0) is 10.7. The Morgan fingerprint density at radius 2 is 2.47 bits per heavy atom. The molecule has 1 saturated heterocycles. The van der Waals surface area contributed by atoms with Crippen molar-refractivity contribution in [3.05, 3.63) is 20.8 Å². The maximum atomic E-state index is 3.53. The molecule has 1 fully saturated rings. The number of hydrogen-bond donors (Lipinski definition) is 2. The number of rotatable bonds is 3. The highest BCUT2D eigenvalue weighted by molar-refractivity contribution is 9.11. The molecule has 2 atom stereocenters. The smallest absolute Gasteiger partial charge is 0.0701 e. The summed E-state index contributed by atoms with van der Waals surface area (Å²) >= 11 is 5.37. The maximum absolute atomic E-state index is 3.53. The van der Waals surface area contributed by atoms with Crippen molar-refractivity contribution in [1.82, 2.24) is 10.6 Å². The number of halogens is 1. The molecule has 0 aromatic carbocycles. The molecule has 4 heteroatoms. The molecule has 0 bridgehead atoms. The molecule has 2 rings (SSSR count). The van der Waals surface area contributed by atoms with Crippen molar-refractivity contribution < 1.29 is 0 Å². The predicted octanol–water partition coefficient (Wildman–Crippen LogP) is 2.77. The van der Waals surface area contributed by atoms with Gasteiger partial charge in [-0.15, -0.1) is 11.3 Å². The van der Waals surface area contributed by atoms with Crippen LogP contribution in [0.3, 0.4) is 0 Å². The summed E-state index contributed by atoms with van der Waals surface area (Å²) in [6.45, 7) is 2.32. The van der Waals surface area contributed by atoms with Crippen LogP contribution in [0.15, 0.2) is 15.9 Å². The van der Waals surface area contributed by atoms with Crippen LogP contribution >= 0.6 is 27.3 Å².